The molecule has 2 bridgehead atoms. The minimum absolute atomic E-state index is 0.146. The van der Waals surface area contributed by atoms with Gasteiger partial charge in [-0.1, -0.05) is 17.1 Å². The molecule has 2 saturated heterocycles. The van der Waals surface area contributed by atoms with Gasteiger partial charge in [-0.25, -0.2) is 5.43 Å². The van der Waals surface area contributed by atoms with Crippen molar-refractivity contribution >= 4 is 23.3 Å². The molecule has 0 unspecified atom stereocenters. The Balaban J connectivity index is 1.53. The van der Waals surface area contributed by atoms with Gasteiger partial charge in [0.15, 0.2) is 6.29 Å². The standard InChI is InChI=1S/C15H13N7O7/c23-13(8-3-1-2-4-10(8)21(24)25)18-17-9-5-11(12-6-28-14(9)29-12)20-7-16-15(19-20)22(26)27/h1-4,7,11-12,14H,5-6H2,(H,18,23)/b17-9+/t11-,12-,14-/m1/s1. The minimum atomic E-state index is -0.791. The second-order valence-electron chi connectivity index (χ2n) is 6.21. The van der Waals surface area contributed by atoms with Crippen LogP contribution in [0.3, 0.4) is 0 Å². The Morgan fingerprint density at radius 1 is 1.28 bits per heavy atom. The van der Waals surface area contributed by atoms with Crippen LogP contribution in [0.15, 0.2) is 35.7 Å². The fourth-order valence-corrected chi connectivity index (χ4v) is 3.12. The van der Waals surface area contributed by atoms with Crippen molar-refractivity contribution in [1.82, 2.24) is 20.2 Å². The van der Waals surface area contributed by atoms with Gasteiger partial charge in [-0.3, -0.25) is 14.9 Å². The Kier molecular flexibility index (Phi) is 4.69. The van der Waals surface area contributed by atoms with E-state index in [1.165, 1.54) is 35.3 Å². The molecule has 3 atom stereocenters. The van der Waals surface area contributed by atoms with Crippen molar-refractivity contribution in [2.24, 2.45) is 5.10 Å². The summed E-state index contributed by atoms with van der Waals surface area (Å²) in [5.41, 5.74) is 2.09. The van der Waals surface area contributed by atoms with Crippen molar-refractivity contribution in [3.8, 4) is 0 Å². The Morgan fingerprint density at radius 2 is 2.07 bits per heavy atom. The number of para-hydroxylation sites is 1. The van der Waals surface area contributed by atoms with Gasteiger partial charge >= 0.3 is 5.95 Å². The summed E-state index contributed by atoms with van der Waals surface area (Å²) in [6, 6.07) is 4.99. The summed E-state index contributed by atoms with van der Waals surface area (Å²) in [5, 5.41) is 29.7. The molecule has 1 aromatic carbocycles. The Bertz CT molecular complexity index is 1020. The number of fused-ring (bicyclic) bond motifs is 2. The second kappa shape index (κ2) is 7.33. The zero-order chi connectivity index (χ0) is 20.5. The van der Waals surface area contributed by atoms with Crippen LogP contribution < -0.4 is 5.43 Å². The van der Waals surface area contributed by atoms with Crippen LogP contribution in [0, 0.1) is 20.2 Å². The summed E-state index contributed by atoms with van der Waals surface area (Å²) in [4.78, 5) is 36.5. The fourth-order valence-electron chi connectivity index (χ4n) is 3.12. The van der Waals surface area contributed by atoms with Gasteiger partial charge in [0.2, 0.25) is 6.33 Å². The van der Waals surface area contributed by atoms with Gasteiger partial charge in [-0.2, -0.15) is 9.78 Å². The summed E-state index contributed by atoms with van der Waals surface area (Å²) in [6.07, 6.45) is 0.244. The number of carbonyl (C=O) groups is 1. The average Bonchev–Trinajstić information content (AvgIpc) is 3.36. The lowest BCUT2D eigenvalue weighted by molar-refractivity contribution is -0.394. The molecule has 14 nitrogen and oxygen atoms in total. The van der Waals surface area contributed by atoms with Gasteiger partial charge in [0.1, 0.15) is 17.7 Å². The Morgan fingerprint density at radius 3 is 2.79 bits per heavy atom. The average molecular weight is 403 g/mol. The lowest BCUT2D eigenvalue weighted by Gasteiger charge is -2.26. The summed E-state index contributed by atoms with van der Waals surface area (Å²) < 4.78 is 12.5. The molecule has 14 heteroatoms. The van der Waals surface area contributed by atoms with E-state index in [2.05, 4.69) is 20.6 Å². The third-order valence-corrected chi connectivity index (χ3v) is 4.48. The van der Waals surface area contributed by atoms with E-state index in [4.69, 9.17) is 9.47 Å². The van der Waals surface area contributed by atoms with Crippen molar-refractivity contribution in [3.63, 3.8) is 0 Å². The largest absolute Gasteiger partial charge is 0.490 e. The van der Waals surface area contributed by atoms with Crippen molar-refractivity contribution < 1.29 is 24.1 Å². The predicted molar refractivity (Wildman–Crippen MR) is 92.9 cm³/mol. The molecule has 1 amide bonds. The molecule has 4 rings (SSSR count). The van der Waals surface area contributed by atoms with Gasteiger partial charge in [-0.15, -0.1) is 0 Å². The van der Waals surface area contributed by atoms with E-state index in [0.717, 1.165) is 0 Å². The first kappa shape index (κ1) is 18.6. The number of benzene rings is 1. The van der Waals surface area contributed by atoms with Crippen molar-refractivity contribution in [3.05, 3.63) is 56.4 Å². The van der Waals surface area contributed by atoms with Crippen LogP contribution in [0.4, 0.5) is 11.6 Å². The van der Waals surface area contributed by atoms with Crippen molar-refractivity contribution in [2.75, 3.05) is 6.61 Å². The van der Waals surface area contributed by atoms with E-state index in [0.29, 0.717) is 5.71 Å². The lowest BCUT2D eigenvalue weighted by atomic mass is 10.0. The molecule has 0 spiro atoms. The van der Waals surface area contributed by atoms with Crippen molar-refractivity contribution in [1.29, 1.82) is 0 Å². The van der Waals surface area contributed by atoms with E-state index in [-0.39, 0.29) is 24.3 Å². The van der Waals surface area contributed by atoms with Crippen LogP contribution in [0.2, 0.25) is 0 Å². The predicted octanol–water partition coefficient (Wildman–Crippen LogP) is 0.567. The molecule has 0 saturated carbocycles. The summed E-state index contributed by atoms with van der Waals surface area (Å²) in [5.74, 6) is -1.31. The number of hydrogen-bond acceptors (Lipinski definition) is 10. The Labute approximate surface area is 161 Å². The van der Waals surface area contributed by atoms with Crippen LogP contribution in [0.5, 0.6) is 0 Å². The van der Waals surface area contributed by atoms with Crippen LogP contribution in [-0.4, -0.2) is 55.2 Å². The first-order chi connectivity index (χ1) is 13.9. The molecule has 2 aromatic rings. The number of nitrogens with zero attached hydrogens (tertiary/aromatic N) is 6. The van der Waals surface area contributed by atoms with Crippen molar-refractivity contribution in [2.45, 2.75) is 24.9 Å². The third kappa shape index (κ3) is 3.53. The number of amides is 1. The van der Waals surface area contributed by atoms with E-state index in [1.54, 1.807) is 0 Å². The number of nitrogens with one attached hydrogen (secondary N) is 1. The molecule has 2 fully saturated rings. The van der Waals surface area contributed by atoms with Crippen LogP contribution in [0.25, 0.3) is 0 Å². The van der Waals surface area contributed by atoms with Gasteiger partial charge in [-0.05, 0) is 11.0 Å². The normalized spacial score (nSPS) is 24.4. The van der Waals surface area contributed by atoms with Crippen LogP contribution in [0.1, 0.15) is 22.8 Å². The highest BCUT2D eigenvalue weighted by molar-refractivity contribution is 5.99. The van der Waals surface area contributed by atoms with Gasteiger partial charge in [0, 0.05) is 17.6 Å². The molecular formula is C15H13N7O7. The summed E-state index contributed by atoms with van der Waals surface area (Å²) in [7, 11) is 0. The molecule has 2 aliphatic rings. The van der Waals surface area contributed by atoms with Crippen LogP contribution in [-0.2, 0) is 9.47 Å². The van der Waals surface area contributed by atoms with E-state index < -0.39 is 40.1 Å². The molecule has 0 radical (unpaired) electrons. The molecule has 1 aromatic heterocycles. The molecular weight excluding hydrogens is 390 g/mol. The SMILES string of the molecule is O=C(N/N=C1\C[C@@H](n2cnc([N+](=O)[O-])n2)[C@H]2CO[C@@H]1O2)c1ccccc1[N+](=O)[O-]. The van der Waals surface area contributed by atoms with Crippen LogP contribution >= 0.6 is 0 Å². The van der Waals surface area contributed by atoms with E-state index >= 15 is 0 Å². The quantitative estimate of drug-likeness (QED) is 0.552. The number of ether oxygens (including phenoxy) is 2. The number of rotatable bonds is 5. The molecule has 0 aliphatic carbocycles. The lowest BCUT2D eigenvalue weighted by Crippen LogP contribution is -2.38. The zero-order valence-electron chi connectivity index (χ0n) is 14.6. The maximum absolute atomic E-state index is 12.3. The number of carbonyl (C=O) groups excluding carboxylic acids is 1. The van der Waals surface area contributed by atoms with Gasteiger partial charge < -0.3 is 19.6 Å². The molecule has 150 valence electrons. The number of hydrazone groups is 1. The Hall–Kier alpha value is -3.78. The monoisotopic (exact) mass is 403 g/mol. The van der Waals surface area contributed by atoms with Gasteiger partial charge in [0.25, 0.3) is 11.6 Å². The number of nitro groups is 2. The highest BCUT2D eigenvalue weighted by atomic mass is 16.7. The first-order valence-electron chi connectivity index (χ1n) is 8.37. The minimum Gasteiger partial charge on any atom is -0.390 e. The maximum atomic E-state index is 12.3. The number of nitro benzene ring substituents is 1. The number of hydrogen-bond donors (Lipinski definition) is 1. The molecule has 1 N–H and O–H groups in total. The summed E-state index contributed by atoms with van der Waals surface area (Å²) >= 11 is 0. The van der Waals surface area contributed by atoms with E-state index in [9.17, 15) is 25.0 Å². The molecule has 2 aliphatic heterocycles. The third-order valence-electron chi connectivity index (χ3n) is 4.48. The molecule has 29 heavy (non-hydrogen) atoms. The zero-order valence-corrected chi connectivity index (χ0v) is 14.6. The van der Waals surface area contributed by atoms with E-state index in [1.807, 2.05) is 0 Å². The van der Waals surface area contributed by atoms with Gasteiger partial charge in [0.05, 0.1) is 17.2 Å². The molecule has 3 heterocycles. The topological polar surface area (TPSA) is 177 Å². The number of aromatic nitrogens is 3. The summed E-state index contributed by atoms with van der Waals surface area (Å²) in [6.45, 7) is 0.208. The first-order valence-corrected chi connectivity index (χ1v) is 8.37. The maximum Gasteiger partial charge on any atom is 0.490 e. The second-order valence-corrected chi connectivity index (χ2v) is 6.21. The smallest absolute Gasteiger partial charge is 0.390 e. The fraction of sp³-hybridized carbons (Fsp3) is 0.333. The highest BCUT2D eigenvalue weighted by Gasteiger charge is 2.44. The highest BCUT2D eigenvalue weighted by Crippen LogP contribution is 2.33.